The van der Waals surface area contributed by atoms with Gasteiger partial charge in [0.1, 0.15) is 5.01 Å². The highest BCUT2D eigenvalue weighted by atomic mass is 127. The number of aliphatic imine (C=N–C) groups is 1. The Hall–Kier alpha value is -1.56. The van der Waals surface area contributed by atoms with Gasteiger partial charge in [0.05, 0.1) is 12.1 Å². The van der Waals surface area contributed by atoms with Crippen LogP contribution in [0.5, 0.6) is 0 Å². The Bertz CT molecular complexity index is 743. The number of hydrogen-bond donors (Lipinski definition) is 1. The summed E-state index contributed by atoms with van der Waals surface area (Å²) in [5.74, 6) is 0.781. The van der Waals surface area contributed by atoms with Gasteiger partial charge < -0.3 is 15.1 Å². The Balaban J connectivity index is 0.00000261. The van der Waals surface area contributed by atoms with Crippen LogP contribution in [0.25, 0.3) is 0 Å². The molecule has 3 rings (SSSR count). The quantitative estimate of drug-likeness (QED) is 0.388. The average molecular weight is 511 g/mol. The van der Waals surface area contributed by atoms with Gasteiger partial charge in [0.2, 0.25) is 0 Å². The van der Waals surface area contributed by atoms with Gasteiger partial charge >= 0.3 is 6.18 Å². The fourth-order valence-electron chi connectivity index (χ4n) is 2.88. The van der Waals surface area contributed by atoms with Gasteiger partial charge in [-0.25, -0.2) is 4.98 Å². The van der Waals surface area contributed by atoms with E-state index in [1.807, 2.05) is 10.3 Å². The molecule has 0 aliphatic carbocycles. The van der Waals surface area contributed by atoms with Gasteiger partial charge in [0, 0.05) is 50.5 Å². The molecule has 148 valence electrons. The maximum atomic E-state index is 12.9. The number of anilines is 1. The summed E-state index contributed by atoms with van der Waals surface area (Å²) < 4.78 is 38.7. The van der Waals surface area contributed by atoms with Gasteiger partial charge in [-0.2, -0.15) is 13.2 Å². The second-order valence-corrected chi connectivity index (χ2v) is 6.83. The fraction of sp³-hybridized carbons (Fsp3) is 0.412. The lowest BCUT2D eigenvalue weighted by atomic mass is 10.1. The van der Waals surface area contributed by atoms with Gasteiger partial charge in [-0.15, -0.1) is 35.3 Å². The monoisotopic (exact) mass is 511 g/mol. The number of hydrogen-bond acceptors (Lipinski definition) is 4. The number of aromatic nitrogens is 1. The largest absolute Gasteiger partial charge is 0.416 e. The first-order chi connectivity index (χ1) is 12.5. The van der Waals surface area contributed by atoms with Crippen molar-refractivity contribution in [3.63, 3.8) is 0 Å². The second kappa shape index (κ2) is 9.58. The summed E-state index contributed by atoms with van der Waals surface area (Å²) in [6, 6.07) is 5.49. The van der Waals surface area contributed by atoms with Gasteiger partial charge in [-0.1, -0.05) is 6.07 Å². The molecule has 0 saturated carbocycles. The Labute approximate surface area is 177 Å². The third-order valence-corrected chi connectivity index (χ3v) is 4.99. The summed E-state index contributed by atoms with van der Waals surface area (Å²) in [6.45, 7) is 3.26. The van der Waals surface area contributed by atoms with Crippen molar-refractivity contribution in [3.05, 3.63) is 46.4 Å². The molecule has 0 atom stereocenters. The van der Waals surface area contributed by atoms with Gasteiger partial charge in [-0.3, -0.25) is 4.99 Å². The van der Waals surface area contributed by atoms with Crippen LogP contribution in [0.15, 0.2) is 40.8 Å². The molecule has 1 aliphatic rings. The van der Waals surface area contributed by atoms with Crippen molar-refractivity contribution < 1.29 is 13.2 Å². The summed E-state index contributed by atoms with van der Waals surface area (Å²) in [6.07, 6.45) is -2.56. The van der Waals surface area contributed by atoms with E-state index in [-0.39, 0.29) is 24.0 Å². The van der Waals surface area contributed by atoms with Crippen molar-refractivity contribution >= 4 is 47.0 Å². The van der Waals surface area contributed by atoms with E-state index in [1.54, 1.807) is 30.6 Å². The van der Waals surface area contributed by atoms with Gasteiger partial charge in [0.15, 0.2) is 5.96 Å². The molecule has 27 heavy (non-hydrogen) atoms. The van der Waals surface area contributed by atoms with Gasteiger partial charge in [-0.05, 0) is 18.2 Å². The summed E-state index contributed by atoms with van der Waals surface area (Å²) in [4.78, 5) is 12.6. The molecule has 1 saturated heterocycles. The molecule has 10 heteroatoms. The predicted molar refractivity (Wildman–Crippen MR) is 113 cm³/mol. The number of thiazole rings is 1. The van der Waals surface area contributed by atoms with Crippen LogP contribution in [0, 0.1) is 0 Å². The fourth-order valence-corrected chi connectivity index (χ4v) is 3.44. The van der Waals surface area contributed by atoms with Crippen molar-refractivity contribution in [2.75, 3.05) is 38.1 Å². The van der Waals surface area contributed by atoms with Crippen molar-refractivity contribution in [2.24, 2.45) is 4.99 Å². The number of nitrogens with one attached hydrogen (secondary N) is 1. The van der Waals surface area contributed by atoms with Crippen LogP contribution < -0.4 is 10.2 Å². The van der Waals surface area contributed by atoms with E-state index >= 15 is 0 Å². The van der Waals surface area contributed by atoms with Crippen LogP contribution in [0.2, 0.25) is 0 Å². The van der Waals surface area contributed by atoms with E-state index < -0.39 is 11.7 Å². The molecule has 0 spiro atoms. The van der Waals surface area contributed by atoms with E-state index in [9.17, 15) is 13.2 Å². The molecule has 0 unspecified atom stereocenters. The summed E-state index contributed by atoms with van der Waals surface area (Å²) in [5, 5.41) is 6.19. The zero-order chi connectivity index (χ0) is 18.6. The predicted octanol–water partition coefficient (Wildman–Crippen LogP) is 3.68. The lowest BCUT2D eigenvalue weighted by Gasteiger charge is -2.37. The number of rotatable bonds is 3. The summed E-state index contributed by atoms with van der Waals surface area (Å²) in [5.41, 5.74) is -0.0106. The molecule has 5 nitrogen and oxygen atoms in total. The molecular formula is C17H21F3IN5S. The van der Waals surface area contributed by atoms with Crippen molar-refractivity contribution in [1.82, 2.24) is 15.2 Å². The number of piperazine rings is 1. The minimum Gasteiger partial charge on any atom is -0.368 e. The van der Waals surface area contributed by atoms with Crippen molar-refractivity contribution in [1.29, 1.82) is 0 Å². The maximum absolute atomic E-state index is 12.9. The van der Waals surface area contributed by atoms with Crippen LogP contribution in [0.3, 0.4) is 0 Å². The first-order valence-corrected chi connectivity index (χ1v) is 9.11. The Morgan fingerprint density at radius 1 is 1.26 bits per heavy atom. The molecule has 0 radical (unpaired) electrons. The molecule has 1 aromatic carbocycles. The van der Waals surface area contributed by atoms with E-state index in [1.165, 1.54) is 12.1 Å². The first kappa shape index (κ1) is 21.7. The molecule has 1 fully saturated rings. The highest BCUT2D eigenvalue weighted by Gasteiger charge is 2.31. The number of halogens is 4. The number of benzene rings is 1. The second-order valence-electron chi connectivity index (χ2n) is 5.85. The molecule has 1 aromatic heterocycles. The summed E-state index contributed by atoms with van der Waals surface area (Å²) in [7, 11) is 1.73. The molecule has 0 amide bonds. The van der Waals surface area contributed by atoms with E-state index in [0.717, 1.165) is 17.0 Å². The number of nitrogens with zero attached hydrogens (tertiary/aromatic N) is 4. The van der Waals surface area contributed by atoms with Crippen LogP contribution >= 0.6 is 35.3 Å². The Morgan fingerprint density at radius 3 is 2.59 bits per heavy atom. The number of alkyl halides is 3. The third kappa shape index (κ3) is 5.71. The lowest BCUT2D eigenvalue weighted by molar-refractivity contribution is -0.137. The molecule has 2 aromatic rings. The third-order valence-electron chi connectivity index (χ3n) is 4.21. The topological polar surface area (TPSA) is 43.8 Å². The zero-order valence-corrected chi connectivity index (χ0v) is 17.9. The average Bonchev–Trinajstić information content (AvgIpc) is 3.16. The van der Waals surface area contributed by atoms with Crippen LogP contribution in [-0.4, -0.2) is 49.1 Å². The molecular weight excluding hydrogens is 490 g/mol. The molecule has 0 bridgehead atoms. The summed E-state index contributed by atoms with van der Waals surface area (Å²) >= 11 is 1.58. The molecule has 1 aliphatic heterocycles. The van der Waals surface area contributed by atoms with Crippen LogP contribution in [-0.2, 0) is 12.7 Å². The maximum Gasteiger partial charge on any atom is 0.416 e. The standard InChI is InChI=1S/C17H20F3N5S.HI/c1-21-16(23-12-15-22-5-10-26-15)25-8-6-24(7-9-25)14-4-2-3-13(11-14)17(18,19)20;/h2-5,10-11H,6-9,12H2,1H3,(H,21,23);1H. The number of guanidine groups is 1. The smallest absolute Gasteiger partial charge is 0.368 e. The first-order valence-electron chi connectivity index (χ1n) is 8.23. The lowest BCUT2D eigenvalue weighted by Crippen LogP contribution is -2.52. The molecule has 2 heterocycles. The highest BCUT2D eigenvalue weighted by molar-refractivity contribution is 14.0. The Morgan fingerprint density at radius 2 is 2.00 bits per heavy atom. The van der Waals surface area contributed by atoms with Crippen molar-refractivity contribution in [3.8, 4) is 0 Å². The van der Waals surface area contributed by atoms with E-state index in [2.05, 4.69) is 20.2 Å². The van der Waals surface area contributed by atoms with Gasteiger partial charge in [0.25, 0.3) is 0 Å². The Kier molecular flexibility index (Phi) is 7.71. The SMILES string of the molecule is CN=C(NCc1nccs1)N1CCN(c2cccc(C(F)(F)F)c2)CC1.I. The minimum absolute atomic E-state index is 0. The molecule has 1 N–H and O–H groups in total. The van der Waals surface area contributed by atoms with Crippen molar-refractivity contribution in [2.45, 2.75) is 12.7 Å². The minimum atomic E-state index is -4.32. The van der Waals surface area contributed by atoms with Crippen LogP contribution in [0.1, 0.15) is 10.6 Å². The van der Waals surface area contributed by atoms with E-state index in [0.29, 0.717) is 38.4 Å². The zero-order valence-electron chi connectivity index (χ0n) is 14.7. The van der Waals surface area contributed by atoms with Crippen LogP contribution in [0.4, 0.5) is 18.9 Å². The highest BCUT2D eigenvalue weighted by Crippen LogP contribution is 2.31. The van der Waals surface area contributed by atoms with E-state index in [4.69, 9.17) is 0 Å². The normalized spacial score (nSPS) is 15.5.